The molecule has 0 N–H and O–H groups in total. The molecule has 0 spiro atoms. The van der Waals surface area contributed by atoms with Crippen LogP contribution in [0.25, 0.3) is 0 Å². The molecule has 0 aliphatic carbocycles. The van der Waals surface area contributed by atoms with E-state index in [-0.39, 0.29) is 40.0 Å². The van der Waals surface area contributed by atoms with E-state index in [9.17, 15) is 0 Å². The number of rotatable bonds is 5. The number of hydrogen-bond donors (Lipinski definition) is 0. The van der Waals surface area contributed by atoms with Crippen molar-refractivity contribution in [3.05, 3.63) is 55.6 Å². The SMILES string of the molecule is C=CCN(CC=C)c1cc[c-]cc1.[Br-].[Mg+2]. The van der Waals surface area contributed by atoms with Gasteiger partial charge in [0.1, 0.15) is 0 Å². The molecular formula is C12H14BrMgN. The van der Waals surface area contributed by atoms with Crippen LogP contribution in [0.2, 0.25) is 0 Å². The number of halogens is 1. The maximum Gasteiger partial charge on any atom is 2.00 e. The van der Waals surface area contributed by atoms with Gasteiger partial charge in [0.25, 0.3) is 0 Å². The van der Waals surface area contributed by atoms with Crippen molar-refractivity contribution in [1.82, 2.24) is 0 Å². The molecule has 3 heteroatoms. The first-order valence-electron chi connectivity index (χ1n) is 4.31. The summed E-state index contributed by atoms with van der Waals surface area (Å²) in [6.45, 7) is 9.14. The van der Waals surface area contributed by atoms with Crippen LogP contribution in [0, 0.1) is 6.07 Å². The molecule has 0 heterocycles. The minimum Gasteiger partial charge on any atom is -1.00 e. The minimum absolute atomic E-state index is 0. The summed E-state index contributed by atoms with van der Waals surface area (Å²) in [5, 5.41) is 0. The topological polar surface area (TPSA) is 3.24 Å². The van der Waals surface area contributed by atoms with Gasteiger partial charge in [-0.2, -0.15) is 18.2 Å². The predicted molar refractivity (Wildman–Crippen MR) is 63.6 cm³/mol. The summed E-state index contributed by atoms with van der Waals surface area (Å²) in [6, 6.07) is 10.9. The minimum atomic E-state index is 0. The molecule has 0 bridgehead atoms. The smallest absolute Gasteiger partial charge is 1.00 e. The fourth-order valence-corrected chi connectivity index (χ4v) is 1.19. The third-order valence-electron chi connectivity index (χ3n) is 1.76. The van der Waals surface area contributed by atoms with Gasteiger partial charge >= 0.3 is 23.1 Å². The van der Waals surface area contributed by atoms with Crippen molar-refractivity contribution >= 4 is 28.7 Å². The van der Waals surface area contributed by atoms with Crippen LogP contribution in [0.4, 0.5) is 5.69 Å². The Kier molecular flexibility index (Phi) is 11.7. The molecule has 0 aliphatic heterocycles. The quantitative estimate of drug-likeness (QED) is 0.390. The van der Waals surface area contributed by atoms with Crippen LogP contribution >= 0.6 is 0 Å². The maximum atomic E-state index is 3.72. The molecule has 0 aliphatic rings. The second kappa shape index (κ2) is 10.3. The van der Waals surface area contributed by atoms with E-state index in [1.165, 1.54) is 5.69 Å². The third kappa shape index (κ3) is 6.02. The molecular weight excluding hydrogens is 262 g/mol. The first-order chi connectivity index (χ1) is 6.38. The first-order valence-corrected chi connectivity index (χ1v) is 4.31. The number of nitrogens with zero attached hydrogens (tertiary/aromatic N) is 1. The second-order valence-corrected chi connectivity index (χ2v) is 2.74. The number of hydrogen-bond acceptors (Lipinski definition) is 1. The Bertz CT molecular complexity index is 264. The van der Waals surface area contributed by atoms with Gasteiger partial charge in [0.2, 0.25) is 0 Å². The van der Waals surface area contributed by atoms with E-state index in [4.69, 9.17) is 0 Å². The molecule has 1 nitrogen and oxygen atoms in total. The molecule has 1 aromatic carbocycles. The predicted octanol–water partition coefficient (Wildman–Crippen LogP) is -0.712. The standard InChI is InChI=1S/C12H14N.BrH.Mg/c1-3-10-13(11-4-2)12-8-6-5-7-9-12;;/h3-4,6-9H,1-2,10-11H2;1H;/q-1;;+2/p-1. The van der Waals surface area contributed by atoms with E-state index < -0.39 is 0 Å². The Hall–Kier alpha value is -0.254. The maximum absolute atomic E-state index is 3.72. The molecule has 1 rings (SSSR count). The third-order valence-corrected chi connectivity index (χ3v) is 1.76. The zero-order valence-electron chi connectivity index (χ0n) is 8.82. The average molecular weight is 276 g/mol. The molecule has 0 saturated carbocycles. The molecule has 0 fully saturated rings. The zero-order chi connectivity index (χ0) is 9.52. The molecule has 0 atom stereocenters. The van der Waals surface area contributed by atoms with Crippen LogP contribution in [0.3, 0.4) is 0 Å². The van der Waals surface area contributed by atoms with Crippen LogP contribution in [0.5, 0.6) is 0 Å². The van der Waals surface area contributed by atoms with E-state index in [0.29, 0.717) is 0 Å². The van der Waals surface area contributed by atoms with Crippen molar-refractivity contribution in [2.45, 2.75) is 0 Å². The van der Waals surface area contributed by atoms with Gasteiger partial charge in [0.15, 0.2) is 0 Å². The Labute approximate surface area is 119 Å². The van der Waals surface area contributed by atoms with Crippen LogP contribution < -0.4 is 21.9 Å². The zero-order valence-corrected chi connectivity index (χ0v) is 11.8. The van der Waals surface area contributed by atoms with Crippen LogP contribution in [0.15, 0.2) is 49.6 Å². The van der Waals surface area contributed by atoms with E-state index in [1.54, 1.807) is 0 Å². The van der Waals surface area contributed by atoms with Crippen molar-refractivity contribution in [2.75, 3.05) is 18.0 Å². The Balaban J connectivity index is 0. The van der Waals surface area contributed by atoms with Gasteiger partial charge < -0.3 is 21.9 Å². The summed E-state index contributed by atoms with van der Waals surface area (Å²) in [7, 11) is 0. The van der Waals surface area contributed by atoms with Gasteiger partial charge in [0, 0.05) is 13.1 Å². The summed E-state index contributed by atoms with van der Waals surface area (Å²) in [6.07, 6.45) is 3.78. The Morgan fingerprint density at radius 3 is 2.00 bits per heavy atom. The fourth-order valence-electron chi connectivity index (χ4n) is 1.19. The number of benzene rings is 1. The van der Waals surface area contributed by atoms with E-state index in [2.05, 4.69) is 24.1 Å². The van der Waals surface area contributed by atoms with Gasteiger partial charge in [-0.15, -0.1) is 25.3 Å². The summed E-state index contributed by atoms with van der Waals surface area (Å²) < 4.78 is 0. The van der Waals surface area contributed by atoms with E-state index >= 15 is 0 Å². The molecule has 0 unspecified atom stereocenters. The Morgan fingerprint density at radius 2 is 1.60 bits per heavy atom. The summed E-state index contributed by atoms with van der Waals surface area (Å²) in [5.41, 5.74) is 1.18. The molecule has 0 aromatic heterocycles. The van der Waals surface area contributed by atoms with Crippen molar-refractivity contribution in [1.29, 1.82) is 0 Å². The second-order valence-electron chi connectivity index (χ2n) is 2.74. The van der Waals surface area contributed by atoms with Crippen LogP contribution in [-0.2, 0) is 0 Å². The number of anilines is 1. The fraction of sp³-hybridized carbons (Fsp3) is 0.167. The monoisotopic (exact) mass is 275 g/mol. The van der Waals surface area contributed by atoms with E-state index in [1.807, 2.05) is 36.4 Å². The summed E-state index contributed by atoms with van der Waals surface area (Å²) in [4.78, 5) is 2.19. The van der Waals surface area contributed by atoms with Crippen molar-refractivity contribution in [3.8, 4) is 0 Å². The van der Waals surface area contributed by atoms with Gasteiger partial charge in [-0.3, -0.25) is 0 Å². The van der Waals surface area contributed by atoms with Crippen molar-refractivity contribution in [3.63, 3.8) is 0 Å². The van der Waals surface area contributed by atoms with Crippen molar-refractivity contribution in [2.24, 2.45) is 0 Å². The van der Waals surface area contributed by atoms with Crippen LogP contribution in [-0.4, -0.2) is 36.1 Å². The molecule has 0 saturated heterocycles. The van der Waals surface area contributed by atoms with Gasteiger partial charge in [0.05, 0.1) is 0 Å². The first kappa shape index (κ1) is 17.2. The van der Waals surface area contributed by atoms with Gasteiger partial charge in [-0.1, -0.05) is 17.8 Å². The molecule has 0 amide bonds. The summed E-state index contributed by atoms with van der Waals surface area (Å²) in [5.74, 6) is 0. The largest absolute Gasteiger partial charge is 2.00 e. The van der Waals surface area contributed by atoms with E-state index in [0.717, 1.165) is 13.1 Å². The normalized spacial score (nSPS) is 8.00. The van der Waals surface area contributed by atoms with Crippen LogP contribution in [0.1, 0.15) is 0 Å². The average Bonchev–Trinajstić information content (AvgIpc) is 2.19. The summed E-state index contributed by atoms with van der Waals surface area (Å²) >= 11 is 0. The molecule has 15 heavy (non-hydrogen) atoms. The molecule has 76 valence electrons. The Morgan fingerprint density at radius 1 is 1.13 bits per heavy atom. The van der Waals surface area contributed by atoms with Gasteiger partial charge in [-0.25, -0.2) is 0 Å². The van der Waals surface area contributed by atoms with Crippen molar-refractivity contribution < 1.29 is 17.0 Å². The molecule has 0 radical (unpaired) electrons. The molecule has 1 aromatic rings. The van der Waals surface area contributed by atoms with Gasteiger partial charge in [-0.05, 0) is 0 Å².